The van der Waals surface area contributed by atoms with Crippen LogP contribution in [0.2, 0.25) is 0 Å². The summed E-state index contributed by atoms with van der Waals surface area (Å²) >= 11 is 0. The number of aryl methyl sites for hydroxylation is 1. The molecule has 1 unspecified atom stereocenters. The predicted octanol–water partition coefficient (Wildman–Crippen LogP) is 2.88. The zero-order valence-corrected chi connectivity index (χ0v) is 15.7. The average molecular weight is 372 g/mol. The number of benzene rings is 2. The highest BCUT2D eigenvalue weighted by atomic mass is 32.2. The minimum Gasteiger partial charge on any atom is -0.335 e. The highest BCUT2D eigenvalue weighted by Gasteiger charge is 2.29. The minimum absolute atomic E-state index is 0.0249. The van der Waals surface area contributed by atoms with Gasteiger partial charge in [0.05, 0.1) is 4.90 Å². The van der Waals surface area contributed by atoms with E-state index in [1.807, 2.05) is 30.0 Å². The zero-order valence-electron chi connectivity index (χ0n) is 14.9. The lowest BCUT2D eigenvalue weighted by atomic mass is 9.94. The Bertz CT molecular complexity index is 895. The van der Waals surface area contributed by atoms with Crippen molar-refractivity contribution in [1.29, 1.82) is 0 Å². The van der Waals surface area contributed by atoms with Crippen molar-refractivity contribution >= 4 is 15.9 Å². The summed E-state index contributed by atoms with van der Waals surface area (Å²) in [6, 6.07) is 14.7. The van der Waals surface area contributed by atoms with Crippen LogP contribution in [0.5, 0.6) is 0 Å². The molecule has 2 aromatic rings. The van der Waals surface area contributed by atoms with Crippen molar-refractivity contribution in [3.63, 3.8) is 0 Å². The lowest BCUT2D eigenvalue weighted by Crippen LogP contribution is -2.45. The standard InChI is InChI=1S/C20H24N2O3S/c1-15-10-11-18(26(21,24)25)14-19(15)20(23)22-12-6-5-9-17(22)13-16-7-3-2-4-8-16/h2-4,7-8,10-11,14,17H,5-6,9,12-13H2,1H3,(H2,21,24,25). The molecule has 0 radical (unpaired) electrons. The maximum Gasteiger partial charge on any atom is 0.254 e. The van der Waals surface area contributed by atoms with Crippen molar-refractivity contribution in [3.05, 3.63) is 65.2 Å². The monoisotopic (exact) mass is 372 g/mol. The fraction of sp³-hybridized carbons (Fsp3) is 0.350. The van der Waals surface area contributed by atoms with Gasteiger partial charge in [-0.25, -0.2) is 13.6 Å². The molecule has 0 spiro atoms. The summed E-state index contributed by atoms with van der Waals surface area (Å²) in [4.78, 5) is 15.1. The van der Waals surface area contributed by atoms with Crippen LogP contribution in [-0.4, -0.2) is 31.8 Å². The second kappa shape index (κ2) is 7.60. The van der Waals surface area contributed by atoms with Crippen LogP contribution in [0.4, 0.5) is 0 Å². The first-order chi connectivity index (χ1) is 12.4. The van der Waals surface area contributed by atoms with Gasteiger partial charge in [0.25, 0.3) is 5.91 Å². The van der Waals surface area contributed by atoms with Gasteiger partial charge in [0.1, 0.15) is 0 Å². The van der Waals surface area contributed by atoms with Gasteiger partial charge in [-0.2, -0.15) is 0 Å². The van der Waals surface area contributed by atoms with Crippen molar-refractivity contribution in [2.75, 3.05) is 6.54 Å². The van der Waals surface area contributed by atoms with Gasteiger partial charge in [0, 0.05) is 18.2 Å². The van der Waals surface area contributed by atoms with E-state index >= 15 is 0 Å². The Hall–Kier alpha value is -2.18. The van der Waals surface area contributed by atoms with E-state index in [1.165, 1.54) is 17.7 Å². The van der Waals surface area contributed by atoms with Gasteiger partial charge in [0.2, 0.25) is 10.0 Å². The fourth-order valence-corrected chi connectivity index (χ4v) is 4.07. The largest absolute Gasteiger partial charge is 0.335 e. The Morgan fingerprint density at radius 2 is 1.88 bits per heavy atom. The number of hydrogen-bond donors (Lipinski definition) is 1. The number of amides is 1. The molecule has 0 bridgehead atoms. The third kappa shape index (κ3) is 4.14. The molecule has 138 valence electrons. The van der Waals surface area contributed by atoms with Gasteiger partial charge in [0.15, 0.2) is 0 Å². The first kappa shape index (κ1) is 18.6. The first-order valence-electron chi connectivity index (χ1n) is 8.84. The Morgan fingerprint density at radius 3 is 2.58 bits per heavy atom. The Morgan fingerprint density at radius 1 is 1.15 bits per heavy atom. The number of likely N-dealkylation sites (tertiary alicyclic amines) is 1. The molecule has 1 atom stereocenters. The predicted molar refractivity (Wildman–Crippen MR) is 101 cm³/mol. The molecular weight excluding hydrogens is 348 g/mol. The van der Waals surface area contributed by atoms with Crippen molar-refractivity contribution in [2.24, 2.45) is 5.14 Å². The molecule has 2 aromatic carbocycles. The summed E-state index contributed by atoms with van der Waals surface area (Å²) in [6.45, 7) is 2.51. The molecule has 1 aliphatic rings. The van der Waals surface area contributed by atoms with Crippen LogP contribution in [0.25, 0.3) is 0 Å². The van der Waals surface area contributed by atoms with Gasteiger partial charge in [-0.05, 0) is 55.9 Å². The van der Waals surface area contributed by atoms with Gasteiger partial charge >= 0.3 is 0 Å². The molecule has 1 heterocycles. The van der Waals surface area contributed by atoms with Gasteiger partial charge in [-0.1, -0.05) is 36.4 Å². The molecule has 1 amide bonds. The second-order valence-corrected chi connectivity index (χ2v) is 8.42. The Kier molecular flexibility index (Phi) is 5.44. The summed E-state index contributed by atoms with van der Waals surface area (Å²) in [6.07, 6.45) is 3.82. The number of hydrogen-bond acceptors (Lipinski definition) is 3. The molecule has 2 N–H and O–H groups in total. The molecule has 0 aromatic heterocycles. The maximum atomic E-state index is 13.2. The van der Waals surface area contributed by atoms with Crippen LogP contribution in [0.1, 0.15) is 40.7 Å². The van der Waals surface area contributed by atoms with Crippen LogP contribution < -0.4 is 5.14 Å². The second-order valence-electron chi connectivity index (χ2n) is 6.86. The lowest BCUT2D eigenvalue weighted by molar-refractivity contribution is 0.0612. The SMILES string of the molecule is Cc1ccc(S(N)(=O)=O)cc1C(=O)N1CCCCC1Cc1ccccc1. The van der Waals surface area contributed by atoms with Crippen LogP contribution in [0, 0.1) is 6.92 Å². The number of nitrogens with two attached hydrogens (primary N) is 1. The molecule has 1 fully saturated rings. The number of carbonyl (C=O) groups excluding carboxylic acids is 1. The van der Waals surface area contributed by atoms with Gasteiger partial charge in [-0.15, -0.1) is 0 Å². The lowest BCUT2D eigenvalue weighted by Gasteiger charge is -2.36. The van der Waals surface area contributed by atoms with E-state index in [9.17, 15) is 13.2 Å². The topological polar surface area (TPSA) is 80.5 Å². The highest BCUT2D eigenvalue weighted by Crippen LogP contribution is 2.25. The summed E-state index contributed by atoms with van der Waals surface area (Å²) in [5.41, 5.74) is 2.37. The average Bonchev–Trinajstić information content (AvgIpc) is 2.62. The molecule has 0 aliphatic carbocycles. The molecule has 3 rings (SSSR count). The zero-order chi connectivity index (χ0) is 18.7. The van der Waals surface area contributed by atoms with E-state index < -0.39 is 10.0 Å². The number of piperidine rings is 1. The molecular formula is C20H24N2O3S. The first-order valence-corrected chi connectivity index (χ1v) is 10.4. The third-order valence-electron chi connectivity index (χ3n) is 4.97. The normalized spacial score (nSPS) is 17.9. The summed E-state index contributed by atoms with van der Waals surface area (Å²) in [5, 5.41) is 5.23. The molecule has 26 heavy (non-hydrogen) atoms. The van der Waals surface area contributed by atoms with Crippen LogP contribution >= 0.6 is 0 Å². The van der Waals surface area contributed by atoms with E-state index in [2.05, 4.69) is 12.1 Å². The number of rotatable bonds is 4. The molecule has 0 saturated carbocycles. The smallest absolute Gasteiger partial charge is 0.254 e. The third-order valence-corrected chi connectivity index (χ3v) is 5.88. The van der Waals surface area contributed by atoms with Crippen LogP contribution in [0.15, 0.2) is 53.4 Å². The quantitative estimate of drug-likeness (QED) is 0.896. The maximum absolute atomic E-state index is 13.2. The van der Waals surface area contributed by atoms with E-state index in [0.29, 0.717) is 12.1 Å². The van der Waals surface area contributed by atoms with Crippen LogP contribution in [0.3, 0.4) is 0 Å². The van der Waals surface area contributed by atoms with E-state index in [1.54, 1.807) is 6.07 Å². The van der Waals surface area contributed by atoms with Crippen molar-refractivity contribution < 1.29 is 13.2 Å². The molecule has 1 saturated heterocycles. The van der Waals surface area contributed by atoms with Gasteiger partial charge < -0.3 is 4.90 Å². The number of sulfonamides is 1. The molecule has 5 nitrogen and oxygen atoms in total. The summed E-state index contributed by atoms with van der Waals surface area (Å²) < 4.78 is 23.3. The van der Waals surface area contributed by atoms with E-state index in [-0.39, 0.29) is 16.8 Å². The molecule has 1 aliphatic heterocycles. The number of nitrogens with zero attached hydrogens (tertiary/aromatic N) is 1. The number of carbonyl (C=O) groups is 1. The highest BCUT2D eigenvalue weighted by molar-refractivity contribution is 7.89. The minimum atomic E-state index is -3.84. The van der Waals surface area contributed by atoms with Crippen molar-refractivity contribution in [1.82, 2.24) is 4.90 Å². The van der Waals surface area contributed by atoms with E-state index in [4.69, 9.17) is 5.14 Å². The number of primary sulfonamides is 1. The van der Waals surface area contributed by atoms with Crippen molar-refractivity contribution in [2.45, 2.75) is 43.5 Å². The molecule has 6 heteroatoms. The Balaban J connectivity index is 1.89. The Labute approximate surface area is 154 Å². The van der Waals surface area contributed by atoms with Crippen molar-refractivity contribution in [3.8, 4) is 0 Å². The van der Waals surface area contributed by atoms with Gasteiger partial charge in [-0.3, -0.25) is 4.79 Å². The van der Waals surface area contributed by atoms with E-state index in [0.717, 1.165) is 31.2 Å². The van der Waals surface area contributed by atoms with Crippen LogP contribution in [-0.2, 0) is 16.4 Å². The fourth-order valence-electron chi connectivity index (χ4n) is 3.53. The summed E-state index contributed by atoms with van der Waals surface area (Å²) in [5.74, 6) is -0.117. The summed E-state index contributed by atoms with van der Waals surface area (Å²) in [7, 11) is -3.84.